The zero-order chi connectivity index (χ0) is 14.7. The molecule has 108 valence electrons. The van der Waals surface area contributed by atoms with Gasteiger partial charge in [0.2, 0.25) is 5.95 Å². The Labute approximate surface area is 121 Å². The minimum absolute atomic E-state index is 0.513. The van der Waals surface area contributed by atoms with E-state index in [0.717, 1.165) is 5.56 Å². The zero-order valence-electron chi connectivity index (χ0n) is 11.8. The van der Waals surface area contributed by atoms with Crippen molar-refractivity contribution in [1.29, 1.82) is 0 Å². The van der Waals surface area contributed by atoms with Crippen LogP contribution in [0.2, 0.25) is 0 Å². The molecule has 0 aliphatic heterocycles. The summed E-state index contributed by atoms with van der Waals surface area (Å²) in [5, 5.41) is 7.44. The number of fused-ring (bicyclic) bond motifs is 1. The quantitative estimate of drug-likeness (QED) is 0.770. The second-order valence-corrected chi connectivity index (χ2v) is 4.31. The Balaban J connectivity index is 1.81. The normalized spacial score (nSPS) is 10.6. The largest absolute Gasteiger partial charge is 0.493 e. The van der Waals surface area contributed by atoms with Gasteiger partial charge in [-0.25, -0.2) is 9.50 Å². The van der Waals surface area contributed by atoms with Crippen molar-refractivity contribution in [2.75, 3.05) is 19.5 Å². The second-order valence-electron chi connectivity index (χ2n) is 4.31. The number of methoxy groups -OCH3 is 2. The molecule has 0 saturated carbocycles. The Morgan fingerprint density at radius 3 is 2.86 bits per heavy atom. The van der Waals surface area contributed by atoms with Gasteiger partial charge in [-0.05, 0) is 12.1 Å². The standard InChI is InChI=1S/C14H15N5O2/c1-20-11-6-3-5-10(12(11)21-2)9-16-13-17-14-15-7-4-8-19(14)18-13/h3-8H,9H2,1-2H3,(H,16,18). The van der Waals surface area contributed by atoms with Gasteiger partial charge in [0.05, 0.1) is 14.2 Å². The molecule has 1 N–H and O–H groups in total. The molecule has 3 aromatic rings. The summed E-state index contributed by atoms with van der Waals surface area (Å²) in [6, 6.07) is 7.53. The van der Waals surface area contributed by atoms with Crippen LogP contribution in [0.25, 0.3) is 5.78 Å². The van der Waals surface area contributed by atoms with Crippen LogP contribution >= 0.6 is 0 Å². The first-order chi connectivity index (χ1) is 10.3. The highest BCUT2D eigenvalue weighted by molar-refractivity contribution is 5.48. The van der Waals surface area contributed by atoms with Gasteiger partial charge in [-0.2, -0.15) is 4.98 Å². The van der Waals surface area contributed by atoms with Crippen LogP contribution in [0, 0.1) is 0 Å². The lowest BCUT2D eigenvalue weighted by Gasteiger charge is -2.12. The maximum atomic E-state index is 5.39. The molecule has 0 saturated heterocycles. The van der Waals surface area contributed by atoms with E-state index in [0.29, 0.717) is 29.8 Å². The fourth-order valence-electron chi connectivity index (χ4n) is 2.07. The van der Waals surface area contributed by atoms with Gasteiger partial charge in [-0.1, -0.05) is 12.1 Å². The van der Waals surface area contributed by atoms with Gasteiger partial charge >= 0.3 is 0 Å². The van der Waals surface area contributed by atoms with E-state index in [2.05, 4.69) is 20.4 Å². The van der Waals surface area contributed by atoms with Crippen LogP contribution in [0.3, 0.4) is 0 Å². The van der Waals surface area contributed by atoms with E-state index >= 15 is 0 Å². The summed E-state index contributed by atoms with van der Waals surface area (Å²) >= 11 is 0. The number of rotatable bonds is 5. The molecule has 2 heterocycles. The van der Waals surface area contributed by atoms with Crippen molar-refractivity contribution >= 4 is 11.7 Å². The van der Waals surface area contributed by atoms with Gasteiger partial charge < -0.3 is 14.8 Å². The van der Waals surface area contributed by atoms with Crippen molar-refractivity contribution in [2.24, 2.45) is 0 Å². The molecule has 7 heteroatoms. The fourth-order valence-corrected chi connectivity index (χ4v) is 2.07. The summed E-state index contributed by atoms with van der Waals surface area (Å²) in [5.41, 5.74) is 0.962. The summed E-state index contributed by atoms with van der Waals surface area (Å²) in [4.78, 5) is 8.41. The van der Waals surface area contributed by atoms with Crippen molar-refractivity contribution in [3.8, 4) is 11.5 Å². The van der Waals surface area contributed by atoms with E-state index in [1.807, 2.05) is 18.2 Å². The number of benzene rings is 1. The van der Waals surface area contributed by atoms with Gasteiger partial charge in [0.15, 0.2) is 11.5 Å². The molecule has 2 aromatic heterocycles. The predicted molar refractivity (Wildman–Crippen MR) is 77.7 cm³/mol. The van der Waals surface area contributed by atoms with Crippen molar-refractivity contribution in [1.82, 2.24) is 19.6 Å². The molecule has 0 amide bonds. The molecule has 0 aliphatic carbocycles. The van der Waals surface area contributed by atoms with Crippen LogP contribution in [0.4, 0.5) is 5.95 Å². The number of nitrogens with zero attached hydrogens (tertiary/aromatic N) is 4. The van der Waals surface area contributed by atoms with E-state index < -0.39 is 0 Å². The maximum Gasteiger partial charge on any atom is 0.253 e. The number of ether oxygens (including phenoxy) is 2. The Hall–Kier alpha value is -2.83. The van der Waals surface area contributed by atoms with Crippen LogP contribution in [-0.2, 0) is 6.54 Å². The van der Waals surface area contributed by atoms with Gasteiger partial charge in [0.25, 0.3) is 5.78 Å². The van der Waals surface area contributed by atoms with E-state index in [4.69, 9.17) is 9.47 Å². The predicted octanol–water partition coefficient (Wildman–Crippen LogP) is 1.75. The molecular weight excluding hydrogens is 270 g/mol. The third-order valence-electron chi connectivity index (χ3n) is 3.04. The zero-order valence-corrected chi connectivity index (χ0v) is 11.8. The summed E-state index contributed by atoms with van der Waals surface area (Å²) in [5.74, 6) is 2.46. The SMILES string of the molecule is COc1cccc(CNc2nc3ncccn3n2)c1OC. The molecule has 3 rings (SSSR count). The average molecular weight is 285 g/mol. The number of para-hydroxylation sites is 1. The average Bonchev–Trinajstić information content (AvgIpc) is 2.95. The Bertz CT molecular complexity index is 723. The van der Waals surface area contributed by atoms with Crippen LogP contribution in [0.15, 0.2) is 36.7 Å². The Morgan fingerprint density at radius 1 is 1.19 bits per heavy atom. The number of aromatic nitrogens is 4. The van der Waals surface area contributed by atoms with E-state index in [1.165, 1.54) is 0 Å². The molecule has 0 fully saturated rings. The monoisotopic (exact) mass is 285 g/mol. The molecule has 21 heavy (non-hydrogen) atoms. The minimum atomic E-state index is 0.513. The third kappa shape index (κ3) is 2.58. The first-order valence-electron chi connectivity index (χ1n) is 6.43. The fraction of sp³-hybridized carbons (Fsp3) is 0.214. The van der Waals surface area contributed by atoms with Gasteiger partial charge in [-0.15, -0.1) is 5.10 Å². The summed E-state index contributed by atoms with van der Waals surface area (Å²) in [7, 11) is 3.23. The molecule has 0 radical (unpaired) electrons. The summed E-state index contributed by atoms with van der Waals surface area (Å²) in [6.45, 7) is 0.525. The van der Waals surface area contributed by atoms with Crippen molar-refractivity contribution in [3.05, 3.63) is 42.2 Å². The van der Waals surface area contributed by atoms with E-state index in [1.54, 1.807) is 37.2 Å². The van der Waals surface area contributed by atoms with Crippen LogP contribution in [0.1, 0.15) is 5.56 Å². The minimum Gasteiger partial charge on any atom is -0.493 e. The lowest BCUT2D eigenvalue weighted by atomic mass is 10.2. The maximum absolute atomic E-state index is 5.39. The van der Waals surface area contributed by atoms with Crippen molar-refractivity contribution in [3.63, 3.8) is 0 Å². The van der Waals surface area contributed by atoms with Gasteiger partial charge in [0.1, 0.15) is 0 Å². The topological polar surface area (TPSA) is 73.6 Å². The van der Waals surface area contributed by atoms with Gasteiger partial charge in [-0.3, -0.25) is 0 Å². The first-order valence-corrected chi connectivity index (χ1v) is 6.43. The molecule has 0 bridgehead atoms. The first kappa shape index (κ1) is 13.2. The van der Waals surface area contributed by atoms with Crippen LogP contribution in [0.5, 0.6) is 11.5 Å². The Morgan fingerprint density at radius 2 is 2.10 bits per heavy atom. The number of hydrogen-bond donors (Lipinski definition) is 1. The molecule has 0 atom stereocenters. The highest BCUT2D eigenvalue weighted by Gasteiger charge is 2.10. The smallest absolute Gasteiger partial charge is 0.253 e. The molecule has 0 aliphatic rings. The molecular formula is C14H15N5O2. The van der Waals surface area contributed by atoms with Crippen LogP contribution in [-0.4, -0.2) is 33.8 Å². The molecule has 0 unspecified atom stereocenters. The molecule has 7 nitrogen and oxygen atoms in total. The lowest BCUT2D eigenvalue weighted by molar-refractivity contribution is 0.352. The van der Waals surface area contributed by atoms with E-state index in [9.17, 15) is 0 Å². The summed E-state index contributed by atoms with van der Waals surface area (Å²) in [6.07, 6.45) is 3.48. The number of hydrogen-bond acceptors (Lipinski definition) is 6. The second kappa shape index (κ2) is 5.66. The van der Waals surface area contributed by atoms with Crippen molar-refractivity contribution < 1.29 is 9.47 Å². The number of nitrogens with one attached hydrogen (secondary N) is 1. The number of anilines is 1. The van der Waals surface area contributed by atoms with Crippen molar-refractivity contribution in [2.45, 2.75) is 6.54 Å². The van der Waals surface area contributed by atoms with Crippen LogP contribution < -0.4 is 14.8 Å². The molecule has 1 aromatic carbocycles. The summed E-state index contributed by atoms with van der Waals surface area (Å²) < 4.78 is 12.3. The lowest BCUT2D eigenvalue weighted by Crippen LogP contribution is -2.04. The highest BCUT2D eigenvalue weighted by atomic mass is 16.5. The van der Waals surface area contributed by atoms with E-state index in [-0.39, 0.29) is 0 Å². The molecule has 0 spiro atoms. The van der Waals surface area contributed by atoms with Gasteiger partial charge in [0, 0.05) is 24.5 Å². The third-order valence-corrected chi connectivity index (χ3v) is 3.04. The Kier molecular flexibility index (Phi) is 3.55. The highest BCUT2D eigenvalue weighted by Crippen LogP contribution is 2.30.